The lowest BCUT2D eigenvalue weighted by atomic mass is 10.1. The highest BCUT2D eigenvalue weighted by atomic mass is 16.2. The first kappa shape index (κ1) is 16.0. The minimum atomic E-state index is -0.353. The summed E-state index contributed by atoms with van der Waals surface area (Å²) >= 11 is 0. The molecule has 0 unspecified atom stereocenters. The summed E-state index contributed by atoms with van der Waals surface area (Å²) in [5.41, 5.74) is 1.31. The van der Waals surface area contributed by atoms with Gasteiger partial charge in [0.15, 0.2) is 0 Å². The van der Waals surface area contributed by atoms with Gasteiger partial charge in [-0.1, -0.05) is 19.9 Å². The topological polar surface area (TPSA) is 70.2 Å². The lowest BCUT2D eigenvalue weighted by molar-refractivity contribution is -0.121. The molecule has 3 N–H and O–H groups in total. The lowest BCUT2D eigenvalue weighted by Crippen LogP contribution is -2.39. The summed E-state index contributed by atoms with van der Waals surface area (Å²) in [5.74, 6) is 0.220. The second-order valence-corrected chi connectivity index (χ2v) is 5.16. The number of benzene rings is 1. The fraction of sp³-hybridized carbons (Fsp3) is 0.467. The van der Waals surface area contributed by atoms with E-state index in [0.717, 1.165) is 5.69 Å². The molecule has 5 nitrogen and oxygen atoms in total. The van der Waals surface area contributed by atoms with Crippen LogP contribution in [0.1, 0.15) is 31.1 Å². The van der Waals surface area contributed by atoms with Gasteiger partial charge in [-0.15, -0.1) is 0 Å². The summed E-state index contributed by atoms with van der Waals surface area (Å²) in [4.78, 5) is 23.4. The SMILES string of the molecule is CNC(=O)c1cccc(N[C@H](C)C(=O)NCC(C)C)c1. The third-order valence-corrected chi connectivity index (χ3v) is 2.81. The number of rotatable bonds is 6. The van der Waals surface area contributed by atoms with E-state index < -0.39 is 0 Å². The maximum atomic E-state index is 11.9. The van der Waals surface area contributed by atoms with Crippen LogP contribution >= 0.6 is 0 Å². The highest BCUT2D eigenvalue weighted by Gasteiger charge is 2.13. The van der Waals surface area contributed by atoms with Gasteiger partial charge in [-0.3, -0.25) is 9.59 Å². The van der Waals surface area contributed by atoms with Gasteiger partial charge < -0.3 is 16.0 Å². The van der Waals surface area contributed by atoms with Gasteiger partial charge in [-0.25, -0.2) is 0 Å². The molecule has 0 aromatic heterocycles. The van der Waals surface area contributed by atoms with Crippen LogP contribution in [0.4, 0.5) is 5.69 Å². The van der Waals surface area contributed by atoms with Crippen molar-refractivity contribution in [3.05, 3.63) is 29.8 Å². The summed E-state index contributed by atoms with van der Waals surface area (Å²) in [6.07, 6.45) is 0. The molecule has 110 valence electrons. The molecule has 5 heteroatoms. The summed E-state index contributed by atoms with van der Waals surface area (Å²) in [6, 6.07) is 6.72. The zero-order chi connectivity index (χ0) is 15.1. The molecule has 0 aliphatic heterocycles. The van der Waals surface area contributed by atoms with Gasteiger partial charge in [0.2, 0.25) is 5.91 Å². The first-order valence-corrected chi connectivity index (χ1v) is 6.80. The Hall–Kier alpha value is -2.04. The van der Waals surface area contributed by atoms with Gasteiger partial charge in [-0.2, -0.15) is 0 Å². The monoisotopic (exact) mass is 277 g/mol. The zero-order valence-electron chi connectivity index (χ0n) is 12.5. The summed E-state index contributed by atoms with van der Waals surface area (Å²) in [6.45, 7) is 6.54. The van der Waals surface area contributed by atoms with Crippen molar-refractivity contribution in [3.8, 4) is 0 Å². The Bertz CT molecular complexity index is 472. The Morgan fingerprint density at radius 2 is 1.90 bits per heavy atom. The molecule has 1 atom stereocenters. The van der Waals surface area contributed by atoms with Crippen molar-refractivity contribution in [3.63, 3.8) is 0 Å². The van der Waals surface area contributed by atoms with Crippen LogP contribution in [0.25, 0.3) is 0 Å². The first-order chi connectivity index (χ1) is 9.43. The second kappa shape index (κ2) is 7.53. The Labute approximate surface area is 120 Å². The van der Waals surface area contributed by atoms with Crippen molar-refractivity contribution in [1.29, 1.82) is 0 Å². The van der Waals surface area contributed by atoms with Gasteiger partial charge in [0.1, 0.15) is 6.04 Å². The molecule has 20 heavy (non-hydrogen) atoms. The third-order valence-electron chi connectivity index (χ3n) is 2.81. The number of hydrogen-bond donors (Lipinski definition) is 3. The molecule has 0 heterocycles. The quantitative estimate of drug-likeness (QED) is 0.740. The summed E-state index contributed by atoms with van der Waals surface area (Å²) in [7, 11) is 1.59. The van der Waals surface area contributed by atoms with E-state index in [-0.39, 0.29) is 17.9 Å². The van der Waals surface area contributed by atoms with Gasteiger partial charge in [0, 0.05) is 24.8 Å². The third kappa shape index (κ3) is 4.91. The Morgan fingerprint density at radius 1 is 1.20 bits per heavy atom. The van der Waals surface area contributed by atoms with Crippen LogP contribution in [0.2, 0.25) is 0 Å². The van der Waals surface area contributed by atoms with E-state index >= 15 is 0 Å². The molecule has 0 aliphatic carbocycles. The van der Waals surface area contributed by atoms with Crippen molar-refractivity contribution in [2.75, 3.05) is 18.9 Å². The van der Waals surface area contributed by atoms with Gasteiger partial charge >= 0.3 is 0 Å². The summed E-state index contributed by atoms with van der Waals surface area (Å²) in [5, 5.41) is 8.53. The molecule has 1 aromatic rings. The minimum Gasteiger partial charge on any atom is -0.374 e. The lowest BCUT2D eigenvalue weighted by Gasteiger charge is -2.16. The van der Waals surface area contributed by atoms with Crippen LogP contribution in [-0.2, 0) is 4.79 Å². The first-order valence-electron chi connectivity index (χ1n) is 6.80. The molecule has 0 bridgehead atoms. The highest BCUT2D eigenvalue weighted by molar-refractivity contribution is 5.95. The van der Waals surface area contributed by atoms with E-state index in [0.29, 0.717) is 18.0 Å². The molecule has 0 fully saturated rings. The van der Waals surface area contributed by atoms with Crippen LogP contribution in [0.5, 0.6) is 0 Å². The fourth-order valence-electron chi connectivity index (χ4n) is 1.67. The van der Waals surface area contributed by atoms with Crippen molar-refractivity contribution < 1.29 is 9.59 Å². The average Bonchev–Trinajstić information content (AvgIpc) is 2.43. The number of nitrogens with one attached hydrogen (secondary N) is 3. The van der Waals surface area contributed by atoms with Gasteiger partial charge in [0.05, 0.1) is 0 Å². The number of anilines is 1. The zero-order valence-corrected chi connectivity index (χ0v) is 12.5. The fourth-order valence-corrected chi connectivity index (χ4v) is 1.67. The molecule has 1 rings (SSSR count). The smallest absolute Gasteiger partial charge is 0.251 e. The molecule has 0 saturated carbocycles. The van der Waals surface area contributed by atoms with Crippen molar-refractivity contribution in [2.45, 2.75) is 26.8 Å². The molecule has 1 aromatic carbocycles. The molecule has 0 radical (unpaired) electrons. The van der Waals surface area contributed by atoms with Crippen LogP contribution in [0.3, 0.4) is 0 Å². The van der Waals surface area contributed by atoms with E-state index in [4.69, 9.17) is 0 Å². The maximum Gasteiger partial charge on any atom is 0.251 e. The molecule has 0 saturated heterocycles. The second-order valence-electron chi connectivity index (χ2n) is 5.16. The molecule has 0 spiro atoms. The van der Waals surface area contributed by atoms with E-state index in [1.165, 1.54) is 0 Å². The van der Waals surface area contributed by atoms with Crippen LogP contribution in [0.15, 0.2) is 24.3 Å². The normalized spacial score (nSPS) is 11.8. The van der Waals surface area contributed by atoms with Crippen LogP contribution in [-0.4, -0.2) is 31.4 Å². The largest absolute Gasteiger partial charge is 0.374 e. The van der Waals surface area contributed by atoms with E-state index in [2.05, 4.69) is 16.0 Å². The molecular weight excluding hydrogens is 254 g/mol. The van der Waals surface area contributed by atoms with Crippen LogP contribution < -0.4 is 16.0 Å². The summed E-state index contributed by atoms with van der Waals surface area (Å²) < 4.78 is 0. The predicted molar refractivity (Wildman–Crippen MR) is 80.8 cm³/mol. The maximum absolute atomic E-state index is 11.9. The Kier molecular flexibility index (Phi) is 6.03. The Balaban J connectivity index is 2.63. The van der Waals surface area contributed by atoms with Crippen molar-refractivity contribution in [2.24, 2.45) is 5.92 Å². The minimum absolute atomic E-state index is 0.0518. The van der Waals surface area contributed by atoms with Crippen molar-refractivity contribution in [1.82, 2.24) is 10.6 Å². The van der Waals surface area contributed by atoms with Gasteiger partial charge in [-0.05, 0) is 31.0 Å². The van der Waals surface area contributed by atoms with E-state index in [1.54, 1.807) is 32.2 Å². The number of carbonyl (C=O) groups excluding carboxylic acids is 2. The molecular formula is C15H23N3O2. The number of amides is 2. The standard InChI is InChI=1S/C15H23N3O2/c1-10(2)9-17-14(19)11(3)18-13-7-5-6-12(8-13)15(20)16-4/h5-8,10-11,18H,9H2,1-4H3,(H,16,20)(H,17,19)/t11-/m1/s1. The van der Waals surface area contributed by atoms with E-state index in [9.17, 15) is 9.59 Å². The number of carbonyl (C=O) groups is 2. The molecule has 0 aliphatic rings. The van der Waals surface area contributed by atoms with Crippen molar-refractivity contribution >= 4 is 17.5 Å². The highest BCUT2D eigenvalue weighted by Crippen LogP contribution is 2.12. The van der Waals surface area contributed by atoms with Gasteiger partial charge in [0.25, 0.3) is 5.91 Å². The Morgan fingerprint density at radius 3 is 2.50 bits per heavy atom. The number of hydrogen-bond acceptors (Lipinski definition) is 3. The van der Waals surface area contributed by atoms with E-state index in [1.807, 2.05) is 19.9 Å². The predicted octanol–water partition coefficient (Wildman–Crippen LogP) is 1.62. The average molecular weight is 277 g/mol. The van der Waals surface area contributed by atoms with Crippen LogP contribution in [0, 0.1) is 5.92 Å². The molecule has 2 amide bonds.